The average Bonchev–Trinajstić information content (AvgIpc) is 2.55. The summed E-state index contributed by atoms with van der Waals surface area (Å²) >= 11 is 0. The maximum atomic E-state index is 6.02. The molecule has 15 heavy (non-hydrogen) atoms. The third kappa shape index (κ3) is 3.26. The van der Waals surface area contributed by atoms with Crippen LogP contribution in [0, 0.1) is 0 Å². The lowest BCUT2D eigenvalue weighted by Crippen LogP contribution is -2.05. The maximum Gasteiger partial charge on any atom is 0.126 e. The molecule has 1 heterocycles. The van der Waals surface area contributed by atoms with Gasteiger partial charge in [-0.15, -0.1) is 0 Å². The van der Waals surface area contributed by atoms with Gasteiger partial charge in [-0.3, -0.25) is 0 Å². The van der Waals surface area contributed by atoms with E-state index in [1.54, 1.807) is 0 Å². The molecule has 0 atom stereocenters. The van der Waals surface area contributed by atoms with Crippen LogP contribution in [0.25, 0.3) is 0 Å². The lowest BCUT2D eigenvalue weighted by atomic mass is 10.1. The summed E-state index contributed by atoms with van der Waals surface area (Å²) in [5, 5.41) is 0. The first kappa shape index (κ1) is 12.1. The molecule has 0 spiro atoms. The molecule has 0 radical (unpaired) electrons. The van der Waals surface area contributed by atoms with Crippen molar-refractivity contribution >= 4 is 5.82 Å². The van der Waals surface area contributed by atoms with Crippen LogP contribution in [0.3, 0.4) is 0 Å². The van der Waals surface area contributed by atoms with E-state index in [2.05, 4.69) is 25.8 Å². The highest BCUT2D eigenvalue weighted by Crippen LogP contribution is 2.17. The number of nitrogens with two attached hydrogens (primary N) is 1. The van der Waals surface area contributed by atoms with Gasteiger partial charge in [-0.25, -0.2) is 4.98 Å². The van der Waals surface area contributed by atoms with Crippen molar-refractivity contribution in [2.45, 2.75) is 58.9 Å². The summed E-state index contributed by atoms with van der Waals surface area (Å²) in [6.45, 7) is 6.47. The molecule has 0 aromatic carbocycles. The predicted molar refractivity (Wildman–Crippen MR) is 64.9 cm³/mol. The highest BCUT2D eigenvalue weighted by atomic mass is 15.1. The molecule has 0 fully saturated rings. The largest absolute Gasteiger partial charge is 0.384 e. The standard InChI is InChI=1S/C12H23N3/c1-4-5-6-7-8-11-12(13)15(9-14-11)10(2)3/h9-10H,4-8,13H2,1-3H3. The minimum atomic E-state index is 0.405. The normalized spacial score (nSPS) is 11.2. The summed E-state index contributed by atoms with van der Waals surface area (Å²) in [4.78, 5) is 4.37. The second-order valence-electron chi connectivity index (χ2n) is 4.39. The Bertz CT molecular complexity index is 289. The van der Waals surface area contributed by atoms with Gasteiger partial charge in [0.05, 0.1) is 12.0 Å². The van der Waals surface area contributed by atoms with E-state index >= 15 is 0 Å². The van der Waals surface area contributed by atoms with E-state index in [1.165, 1.54) is 25.7 Å². The van der Waals surface area contributed by atoms with Crippen molar-refractivity contribution in [2.75, 3.05) is 5.73 Å². The van der Waals surface area contributed by atoms with Gasteiger partial charge in [-0.1, -0.05) is 26.2 Å². The van der Waals surface area contributed by atoms with Gasteiger partial charge in [0.15, 0.2) is 0 Å². The van der Waals surface area contributed by atoms with Gasteiger partial charge in [-0.05, 0) is 26.7 Å². The van der Waals surface area contributed by atoms with Crippen LogP contribution in [0.4, 0.5) is 5.82 Å². The molecule has 3 heteroatoms. The van der Waals surface area contributed by atoms with Gasteiger partial charge in [0, 0.05) is 6.04 Å². The van der Waals surface area contributed by atoms with E-state index in [0.717, 1.165) is 17.9 Å². The molecule has 2 N–H and O–H groups in total. The summed E-state index contributed by atoms with van der Waals surface area (Å²) < 4.78 is 2.04. The van der Waals surface area contributed by atoms with Crippen LogP contribution in [0.1, 0.15) is 58.2 Å². The van der Waals surface area contributed by atoms with E-state index in [0.29, 0.717) is 6.04 Å². The molecule has 1 rings (SSSR count). The highest BCUT2D eigenvalue weighted by molar-refractivity contribution is 5.36. The van der Waals surface area contributed by atoms with Crippen LogP contribution in [0.15, 0.2) is 6.33 Å². The summed E-state index contributed by atoms with van der Waals surface area (Å²) in [5.74, 6) is 0.849. The van der Waals surface area contributed by atoms with Gasteiger partial charge < -0.3 is 10.3 Å². The van der Waals surface area contributed by atoms with Crippen molar-refractivity contribution < 1.29 is 0 Å². The van der Waals surface area contributed by atoms with E-state index in [1.807, 2.05) is 10.9 Å². The smallest absolute Gasteiger partial charge is 0.126 e. The van der Waals surface area contributed by atoms with Crippen molar-refractivity contribution in [3.8, 4) is 0 Å². The van der Waals surface area contributed by atoms with Crippen molar-refractivity contribution in [1.29, 1.82) is 0 Å². The number of unbranched alkanes of at least 4 members (excludes halogenated alkanes) is 3. The number of hydrogen-bond acceptors (Lipinski definition) is 2. The monoisotopic (exact) mass is 209 g/mol. The van der Waals surface area contributed by atoms with Crippen molar-refractivity contribution in [2.24, 2.45) is 0 Å². The van der Waals surface area contributed by atoms with Crippen molar-refractivity contribution in [3.63, 3.8) is 0 Å². The Hall–Kier alpha value is -0.990. The molecule has 0 saturated carbocycles. The number of nitrogens with zero attached hydrogens (tertiary/aromatic N) is 2. The molecular weight excluding hydrogens is 186 g/mol. The van der Waals surface area contributed by atoms with Crippen LogP contribution in [0.2, 0.25) is 0 Å². The SMILES string of the molecule is CCCCCCc1ncn(C(C)C)c1N. The second kappa shape index (κ2) is 5.79. The molecule has 0 saturated heterocycles. The number of rotatable bonds is 6. The Morgan fingerprint density at radius 3 is 2.60 bits per heavy atom. The molecule has 0 unspecified atom stereocenters. The van der Waals surface area contributed by atoms with Crippen LogP contribution in [-0.2, 0) is 6.42 Å². The van der Waals surface area contributed by atoms with Gasteiger partial charge in [0.1, 0.15) is 5.82 Å². The number of aromatic nitrogens is 2. The van der Waals surface area contributed by atoms with Crippen molar-refractivity contribution in [1.82, 2.24) is 9.55 Å². The Kier molecular flexibility index (Phi) is 4.66. The third-order valence-electron chi connectivity index (χ3n) is 2.74. The van der Waals surface area contributed by atoms with Gasteiger partial charge >= 0.3 is 0 Å². The summed E-state index contributed by atoms with van der Waals surface area (Å²) in [6.07, 6.45) is 7.94. The fourth-order valence-electron chi connectivity index (χ4n) is 1.73. The van der Waals surface area contributed by atoms with Crippen LogP contribution < -0.4 is 5.73 Å². The minimum absolute atomic E-state index is 0.405. The number of hydrogen-bond donors (Lipinski definition) is 1. The Morgan fingerprint density at radius 2 is 2.07 bits per heavy atom. The quantitative estimate of drug-likeness (QED) is 0.731. The van der Waals surface area contributed by atoms with Gasteiger partial charge in [0.25, 0.3) is 0 Å². The number of aryl methyl sites for hydroxylation is 1. The molecule has 0 aliphatic carbocycles. The summed E-state index contributed by atoms with van der Waals surface area (Å²) in [6, 6.07) is 0.405. The Morgan fingerprint density at radius 1 is 1.33 bits per heavy atom. The molecule has 0 amide bonds. The summed E-state index contributed by atoms with van der Waals surface area (Å²) in [7, 11) is 0. The number of nitrogen functional groups attached to an aromatic ring is 1. The van der Waals surface area contributed by atoms with Crippen LogP contribution in [0.5, 0.6) is 0 Å². The van der Waals surface area contributed by atoms with E-state index in [4.69, 9.17) is 5.73 Å². The lowest BCUT2D eigenvalue weighted by Gasteiger charge is -2.08. The van der Waals surface area contributed by atoms with E-state index in [9.17, 15) is 0 Å². The van der Waals surface area contributed by atoms with Crippen molar-refractivity contribution in [3.05, 3.63) is 12.0 Å². The van der Waals surface area contributed by atoms with Gasteiger partial charge in [0.2, 0.25) is 0 Å². The van der Waals surface area contributed by atoms with Crippen LogP contribution >= 0.6 is 0 Å². The molecular formula is C12H23N3. The molecule has 0 aliphatic heterocycles. The number of imidazole rings is 1. The molecule has 3 nitrogen and oxygen atoms in total. The topological polar surface area (TPSA) is 43.8 Å². The zero-order valence-electron chi connectivity index (χ0n) is 10.2. The highest BCUT2D eigenvalue weighted by Gasteiger charge is 2.08. The Labute approximate surface area is 92.7 Å². The first-order valence-electron chi connectivity index (χ1n) is 5.98. The predicted octanol–water partition coefficient (Wildman–Crippen LogP) is 3.17. The van der Waals surface area contributed by atoms with Gasteiger partial charge in [-0.2, -0.15) is 0 Å². The molecule has 86 valence electrons. The molecule has 0 bridgehead atoms. The Balaban J connectivity index is 2.48. The maximum absolute atomic E-state index is 6.02. The zero-order valence-corrected chi connectivity index (χ0v) is 10.2. The first-order chi connectivity index (χ1) is 7.16. The minimum Gasteiger partial charge on any atom is -0.384 e. The molecule has 0 aliphatic rings. The second-order valence-corrected chi connectivity index (χ2v) is 4.39. The molecule has 1 aromatic rings. The lowest BCUT2D eigenvalue weighted by molar-refractivity contribution is 0.606. The van der Waals surface area contributed by atoms with E-state index in [-0.39, 0.29) is 0 Å². The third-order valence-corrected chi connectivity index (χ3v) is 2.74. The first-order valence-corrected chi connectivity index (χ1v) is 5.98. The average molecular weight is 209 g/mol. The zero-order chi connectivity index (χ0) is 11.3. The van der Waals surface area contributed by atoms with Crippen LogP contribution in [-0.4, -0.2) is 9.55 Å². The fourth-order valence-corrected chi connectivity index (χ4v) is 1.73. The summed E-state index contributed by atoms with van der Waals surface area (Å²) in [5.41, 5.74) is 7.09. The fraction of sp³-hybridized carbons (Fsp3) is 0.750. The van der Waals surface area contributed by atoms with E-state index < -0.39 is 0 Å². The molecule has 1 aromatic heterocycles. The number of anilines is 1.